The topological polar surface area (TPSA) is 183 Å². The van der Waals surface area contributed by atoms with Gasteiger partial charge in [0.2, 0.25) is 0 Å². The number of aliphatic carboxylic acids is 2. The van der Waals surface area contributed by atoms with Crippen molar-refractivity contribution in [2.45, 2.75) is 24.9 Å². The minimum absolute atomic E-state index is 0.0300. The molecule has 12 nitrogen and oxygen atoms in total. The van der Waals surface area contributed by atoms with Crippen LogP contribution in [0.4, 0.5) is 0 Å². The molecule has 2 N–H and O–H groups in total. The summed E-state index contributed by atoms with van der Waals surface area (Å²) in [6.45, 7) is 0. The van der Waals surface area contributed by atoms with E-state index in [1.807, 2.05) is 0 Å². The molecule has 0 unspecified atom stereocenters. The van der Waals surface area contributed by atoms with Crippen molar-refractivity contribution in [3.05, 3.63) is 118 Å². The predicted octanol–water partition coefficient (Wildman–Crippen LogP) is 3.41. The predicted molar refractivity (Wildman–Crippen MR) is 188 cm³/mol. The number of nitrogens with zero attached hydrogens (tertiary/aromatic N) is 2. The Balaban J connectivity index is 0.000000637. The molecule has 50 heavy (non-hydrogen) atoms. The van der Waals surface area contributed by atoms with E-state index in [1.54, 1.807) is 85.7 Å². The number of imide groups is 2. The van der Waals surface area contributed by atoms with Crippen molar-refractivity contribution in [3.8, 4) is 0 Å². The fourth-order valence-corrected chi connectivity index (χ4v) is 5.73. The molecular weight excluding hydrogens is 685 g/mol. The van der Waals surface area contributed by atoms with E-state index < -0.39 is 69.3 Å². The number of hydrogen-bond acceptors (Lipinski definition) is 8. The first kappa shape index (κ1) is 37.5. The van der Waals surface area contributed by atoms with Crippen LogP contribution in [0.15, 0.2) is 84.9 Å². The van der Waals surface area contributed by atoms with E-state index in [4.69, 9.17) is 0 Å². The Morgan fingerprint density at radius 3 is 0.980 bits per heavy atom. The average Bonchev–Trinajstić information content (AvgIpc) is 3.05. The van der Waals surface area contributed by atoms with Crippen molar-refractivity contribution in [1.82, 2.24) is 9.80 Å². The van der Waals surface area contributed by atoms with E-state index in [-0.39, 0.29) is 45.9 Å². The third-order valence-corrected chi connectivity index (χ3v) is 7.69. The lowest BCUT2D eigenvalue weighted by molar-refractivity contribution is -0.142. The Hall–Kier alpha value is -5.34. The summed E-state index contributed by atoms with van der Waals surface area (Å²) in [5.74, 6) is -6.20. The van der Waals surface area contributed by atoms with Crippen LogP contribution in [0, 0.1) is 0 Å². The summed E-state index contributed by atoms with van der Waals surface area (Å²) in [6, 6.07) is 19.4. The number of carboxylic acids is 2. The smallest absolute Gasteiger partial charge is 0.327 e. The number of rotatable bonds is 8. The fourth-order valence-electron chi connectivity index (χ4n) is 5.73. The Kier molecular flexibility index (Phi) is 11.9. The molecule has 14 heteroatoms. The normalized spacial score (nSPS) is 14.5. The molecule has 0 aliphatic carbocycles. The first-order valence-corrected chi connectivity index (χ1v) is 19.0. The van der Waals surface area contributed by atoms with Crippen molar-refractivity contribution in [1.29, 1.82) is 0 Å². The van der Waals surface area contributed by atoms with Gasteiger partial charge in [0.1, 0.15) is 12.1 Å². The maximum Gasteiger partial charge on any atom is 0.327 e. The van der Waals surface area contributed by atoms with Crippen LogP contribution in [0.25, 0.3) is 10.8 Å². The number of benzene rings is 4. The van der Waals surface area contributed by atoms with Crippen LogP contribution in [-0.2, 0) is 44.0 Å². The molecule has 260 valence electrons. The Labute approximate surface area is 292 Å². The molecule has 4 aromatic rings. The lowest BCUT2D eigenvalue weighted by atomic mass is 9.84. The second-order valence-corrected chi connectivity index (χ2v) is 14.6. The molecular formula is C36H34N2O10S2. The molecule has 0 aromatic heterocycles. The van der Waals surface area contributed by atoms with E-state index in [0.29, 0.717) is 20.9 Å². The van der Waals surface area contributed by atoms with Gasteiger partial charge in [0.15, 0.2) is 0 Å². The highest BCUT2D eigenvalue weighted by Gasteiger charge is 2.45. The van der Waals surface area contributed by atoms with Crippen LogP contribution in [0.3, 0.4) is 0 Å². The van der Waals surface area contributed by atoms with Crippen molar-refractivity contribution >= 4 is 67.9 Å². The molecule has 4 amide bonds. The highest BCUT2D eigenvalue weighted by molar-refractivity contribution is 7.83. The van der Waals surface area contributed by atoms with Crippen LogP contribution >= 0.6 is 0 Å². The third kappa shape index (κ3) is 7.92. The quantitative estimate of drug-likeness (QED) is 0.256. The zero-order valence-electron chi connectivity index (χ0n) is 27.5. The zero-order chi connectivity index (χ0) is 36.9. The molecule has 0 spiro atoms. The number of carbonyl (C=O) groups excluding carboxylic acids is 4. The molecule has 4 aromatic carbocycles. The van der Waals surface area contributed by atoms with Gasteiger partial charge in [-0.3, -0.25) is 37.4 Å². The lowest BCUT2D eigenvalue weighted by Crippen LogP contribution is -2.53. The number of amides is 4. The van der Waals surface area contributed by atoms with Crippen LogP contribution in [-0.4, -0.2) is 101 Å². The van der Waals surface area contributed by atoms with Gasteiger partial charge < -0.3 is 10.2 Å². The summed E-state index contributed by atoms with van der Waals surface area (Å²) in [5.41, 5.74) is 1.10. The summed E-state index contributed by atoms with van der Waals surface area (Å²) in [7, 11) is -1.22. The van der Waals surface area contributed by atoms with Crippen molar-refractivity contribution in [2.75, 3.05) is 25.0 Å². The van der Waals surface area contributed by atoms with Crippen LogP contribution < -0.4 is 0 Å². The largest absolute Gasteiger partial charge is 0.480 e. The van der Waals surface area contributed by atoms with Gasteiger partial charge in [-0.15, -0.1) is 0 Å². The first-order valence-electron chi connectivity index (χ1n) is 15.0. The highest BCUT2D eigenvalue weighted by atomic mass is 32.2. The molecule has 0 fully saturated rings. The second-order valence-electron chi connectivity index (χ2n) is 11.6. The monoisotopic (exact) mass is 718 g/mol. The first-order chi connectivity index (χ1) is 23.6. The Bertz CT molecular complexity index is 1830. The molecule has 2 heterocycles. The van der Waals surface area contributed by atoms with Gasteiger partial charge in [-0.1, -0.05) is 60.7 Å². The Morgan fingerprint density at radius 1 is 0.520 bits per heavy atom. The lowest BCUT2D eigenvalue weighted by Gasteiger charge is -2.35. The van der Waals surface area contributed by atoms with Gasteiger partial charge in [-0.25, -0.2) is 9.59 Å². The van der Waals surface area contributed by atoms with Gasteiger partial charge in [-0.05, 0) is 35.4 Å². The van der Waals surface area contributed by atoms with Gasteiger partial charge in [0.25, 0.3) is 23.6 Å². The van der Waals surface area contributed by atoms with E-state index in [2.05, 4.69) is 0 Å². The fraction of sp³-hybridized carbons (Fsp3) is 0.222. The molecule has 2 aliphatic heterocycles. The summed E-state index contributed by atoms with van der Waals surface area (Å²) in [5, 5.41) is 20.2. The zero-order valence-corrected chi connectivity index (χ0v) is 29.2. The van der Waals surface area contributed by atoms with Gasteiger partial charge in [0, 0.05) is 92.5 Å². The summed E-state index contributed by atoms with van der Waals surface area (Å²) >= 11 is 0. The van der Waals surface area contributed by atoms with E-state index >= 15 is 0 Å². The Morgan fingerprint density at radius 2 is 0.760 bits per heavy atom. The van der Waals surface area contributed by atoms with Crippen LogP contribution in [0.2, 0.25) is 0 Å². The molecule has 0 saturated carbocycles. The SMILES string of the molecule is CS(C)=O.CS(C)=O.O=C(O)[C@H](Cc1ccccc1)N1C(=O)c2ccc3c4c(ccc(c24)C1=O)C(=O)N([C@@H](Cc1ccccc1)C(=O)O)C3=O. The maximum absolute atomic E-state index is 13.7. The summed E-state index contributed by atoms with van der Waals surface area (Å²) in [4.78, 5) is 80.8. The third-order valence-electron chi connectivity index (χ3n) is 7.69. The molecule has 0 saturated heterocycles. The van der Waals surface area contributed by atoms with Crippen molar-refractivity contribution in [2.24, 2.45) is 0 Å². The maximum atomic E-state index is 13.7. The standard InChI is InChI=1S/C32H22N2O8.2C2H6OS/c35-27-19-11-13-21-26-22(30(38)34(29(21)37)24(32(41)42)16-18-9-5-2-6-10-18)14-12-20(25(19)26)28(36)33(27)23(31(39)40)15-17-7-3-1-4-8-17;2*1-4(2)3/h1-14,23-24H,15-16H2,(H,39,40)(H,41,42);2*1-2H3/t23-,24-;;/m0../s1. The molecule has 0 radical (unpaired) electrons. The molecule has 6 rings (SSSR count). The summed E-state index contributed by atoms with van der Waals surface area (Å²) < 4.78 is 19.1. The van der Waals surface area contributed by atoms with Crippen LogP contribution in [0.1, 0.15) is 52.6 Å². The second kappa shape index (κ2) is 15.9. The van der Waals surface area contributed by atoms with Gasteiger partial charge >= 0.3 is 11.9 Å². The number of carbonyl (C=O) groups is 6. The number of carboxylic acid groups (broad SMARTS) is 2. The van der Waals surface area contributed by atoms with E-state index in [0.717, 1.165) is 0 Å². The average molecular weight is 719 g/mol. The van der Waals surface area contributed by atoms with E-state index in [1.165, 1.54) is 24.3 Å². The summed E-state index contributed by atoms with van der Waals surface area (Å²) in [6.07, 6.45) is 6.32. The molecule has 0 bridgehead atoms. The number of hydrogen-bond donors (Lipinski definition) is 2. The minimum atomic E-state index is -1.50. The van der Waals surface area contributed by atoms with Gasteiger partial charge in [0.05, 0.1) is 0 Å². The van der Waals surface area contributed by atoms with Crippen LogP contribution in [0.5, 0.6) is 0 Å². The highest BCUT2D eigenvalue weighted by Crippen LogP contribution is 2.39. The molecule has 2 aliphatic rings. The minimum Gasteiger partial charge on any atom is -0.480 e. The van der Waals surface area contributed by atoms with E-state index in [9.17, 15) is 47.4 Å². The van der Waals surface area contributed by atoms with Crippen molar-refractivity contribution in [3.63, 3.8) is 0 Å². The van der Waals surface area contributed by atoms with Gasteiger partial charge in [-0.2, -0.15) is 0 Å². The molecule has 2 atom stereocenters. The van der Waals surface area contributed by atoms with Crippen molar-refractivity contribution < 1.29 is 47.4 Å².